The summed E-state index contributed by atoms with van der Waals surface area (Å²) in [7, 11) is 0. The Labute approximate surface area is 79.8 Å². The van der Waals surface area contributed by atoms with Crippen molar-refractivity contribution in [3.05, 3.63) is 41.8 Å². The molecule has 1 atom stereocenters. The highest BCUT2D eigenvalue weighted by Crippen LogP contribution is 2.21. The number of hydrogen-bond acceptors (Lipinski definition) is 0. The average molecular weight is 179 g/mol. The summed E-state index contributed by atoms with van der Waals surface area (Å²) in [6, 6.07) is 6.19. The molecule has 0 heterocycles. The first-order valence-electron chi connectivity index (χ1n) is 4.67. The molecule has 0 aliphatic rings. The van der Waals surface area contributed by atoms with Gasteiger partial charge in [0.1, 0.15) is 0 Å². The SMILES string of the molecule is [CH2]C(CF)c1cc(CC)ccc1C. The molecular formula is C12H16F. The second-order valence-corrected chi connectivity index (χ2v) is 3.40. The summed E-state index contributed by atoms with van der Waals surface area (Å²) in [5.74, 6) is -0.216. The van der Waals surface area contributed by atoms with E-state index in [2.05, 4.69) is 26.0 Å². The molecule has 1 rings (SSSR count). The molecule has 1 aromatic carbocycles. The quantitative estimate of drug-likeness (QED) is 0.666. The number of alkyl halides is 1. The van der Waals surface area contributed by atoms with E-state index in [4.69, 9.17) is 0 Å². The third-order valence-corrected chi connectivity index (χ3v) is 2.38. The van der Waals surface area contributed by atoms with E-state index in [1.54, 1.807) is 0 Å². The van der Waals surface area contributed by atoms with Gasteiger partial charge in [-0.05, 0) is 37.0 Å². The number of hydrogen-bond donors (Lipinski definition) is 0. The van der Waals surface area contributed by atoms with Crippen LogP contribution < -0.4 is 0 Å². The Morgan fingerprint density at radius 3 is 2.69 bits per heavy atom. The molecule has 0 nitrogen and oxygen atoms in total. The third-order valence-electron chi connectivity index (χ3n) is 2.38. The molecule has 0 aliphatic carbocycles. The summed E-state index contributed by atoms with van der Waals surface area (Å²) < 4.78 is 12.4. The Bertz CT molecular complexity index is 278. The molecular weight excluding hydrogens is 163 g/mol. The number of benzene rings is 1. The Hall–Kier alpha value is -0.850. The van der Waals surface area contributed by atoms with E-state index in [1.165, 1.54) is 5.56 Å². The zero-order chi connectivity index (χ0) is 9.84. The first kappa shape index (κ1) is 10.2. The van der Waals surface area contributed by atoms with Crippen LogP contribution >= 0.6 is 0 Å². The van der Waals surface area contributed by atoms with Crippen molar-refractivity contribution < 1.29 is 4.39 Å². The summed E-state index contributed by atoms with van der Waals surface area (Å²) in [4.78, 5) is 0. The molecule has 0 fully saturated rings. The van der Waals surface area contributed by atoms with Crippen LogP contribution in [0.2, 0.25) is 0 Å². The maximum atomic E-state index is 12.4. The van der Waals surface area contributed by atoms with E-state index in [0.717, 1.165) is 17.5 Å². The molecule has 0 amide bonds. The normalized spacial score (nSPS) is 12.9. The van der Waals surface area contributed by atoms with Crippen molar-refractivity contribution in [2.45, 2.75) is 26.2 Å². The summed E-state index contributed by atoms with van der Waals surface area (Å²) >= 11 is 0. The number of rotatable bonds is 3. The topological polar surface area (TPSA) is 0 Å². The smallest absolute Gasteiger partial charge is 0.0963 e. The minimum atomic E-state index is -0.381. The van der Waals surface area contributed by atoms with Gasteiger partial charge in [0.25, 0.3) is 0 Å². The summed E-state index contributed by atoms with van der Waals surface area (Å²) in [5, 5.41) is 0. The molecule has 0 aromatic heterocycles. The molecule has 1 aromatic rings. The predicted octanol–water partition coefficient (Wildman–Crippen LogP) is 3.44. The maximum Gasteiger partial charge on any atom is 0.0963 e. The molecule has 0 aliphatic heterocycles. The van der Waals surface area contributed by atoms with Crippen LogP contribution in [0.5, 0.6) is 0 Å². The number of aryl methyl sites for hydroxylation is 2. The van der Waals surface area contributed by atoms with Gasteiger partial charge in [0.15, 0.2) is 0 Å². The van der Waals surface area contributed by atoms with Gasteiger partial charge in [0.05, 0.1) is 6.67 Å². The van der Waals surface area contributed by atoms with Gasteiger partial charge in [-0.1, -0.05) is 25.1 Å². The van der Waals surface area contributed by atoms with Gasteiger partial charge < -0.3 is 0 Å². The van der Waals surface area contributed by atoms with Crippen molar-refractivity contribution in [3.8, 4) is 0 Å². The number of halogens is 1. The van der Waals surface area contributed by atoms with Crippen molar-refractivity contribution in [1.29, 1.82) is 0 Å². The van der Waals surface area contributed by atoms with E-state index in [1.807, 2.05) is 13.0 Å². The highest BCUT2D eigenvalue weighted by molar-refractivity contribution is 5.34. The van der Waals surface area contributed by atoms with E-state index < -0.39 is 0 Å². The van der Waals surface area contributed by atoms with E-state index in [-0.39, 0.29) is 12.6 Å². The summed E-state index contributed by atoms with van der Waals surface area (Å²) in [5.41, 5.74) is 3.43. The van der Waals surface area contributed by atoms with Crippen LogP contribution in [0.15, 0.2) is 18.2 Å². The fourth-order valence-corrected chi connectivity index (χ4v) is 1.43. The van der Waals surface area contributed by atoms with Gasteiger partial charge >= 0.3 is 0 Å². The lowest BCUT2D eigenvalue weighted by Gasteiger charge is -2.12. The van der Waals surface area contributed by atoms with Crippen LogP contribution in [-0.2, 0) is 6.42 Å². The molecule has 0 saturated carbocycles. The van der Waals surface area contributed by atoms with E-state index >= 15 is 0 Å². The lowest BCUT2D eigenvalue weighted by atomic mass is 9.95. The molecule has 0 saturated heterocycles. The predicted molar refractivity (Wildman–Crippen MR) is 54.6 cm³/mol. The molecule has 71 valence electrons. The van der Waals surface area contributed by atoms with Crippen molar-refractivity contribution >= 4 is 0 Å². The summed E-state index contributed by atoms with van der Waals surface area (Å²) in [6.45, 7) is 7.51. The Balaban J connectivity index is 3.03. The lowest BCUT2D eigenvalue weighted by Crippen LogP contribution is -1.99. The zero-order valence-corrected chi connectivity index (χ0v) is 8.31. The van der Waals surface area contributed by atoms with Crippen LogP contribution in [0.3, 0.4) is 0 Å². The van der Waals surface area contributed by atoms with Crippen LogP contribution in [-0.4, -0.2) is 6.67 Å². The minimum Gasteiger partial charge on any atom is -0.250 e. The second-order valence-electron chi connectivity index (χ2n) is 3.40. The highest BCUT2D eigenvalue weighted by Gasteiger charge is 2.08. The van der Waals surface area contributed by atoms with Crippen molar-refractivity contribution in [2.75, 3.05) is 6.67 Å². The molecule has 1 radical (unpaired) electrons. The standard InChI is InChI=1S/C12H16F/c1-4-11-6-5-9(2)12(7-11)10(3)8-13/h5-7,10H,3-4,8H2,1-2H3. The molecule has 0 bridgehead atoms. The maximum absolute atomic E-state index is 12.4. The molecule has 0 spiro atoms. The van der Waals surface area contributed by atoms with Crippen LogP contribution in [0.25, 0.3) is 0 Å². The first-order chi connectivity index (χ1) is 6.19. The fourth-order valence-electron chi connectivity index (χ4n) is 1.43. The Kier molecular flexibility index (Phi) is 3.47. The van der Waals surface area contributed by atoms with Gasteiger partial charge in [0, 0.05) is 5.92 Å². The van der Waals surface area contributed by atoms with Gasteiger partial charge in [-0.25, -0.2) is 0 Å². The lowest BCUT2D eigenvalue weighted by molar-refractivity contribution is 0.464. The first-order valence-corrected chi connectivity index (χ1v) is 4.67. The monoisotopic (exact) mass is 179 g/mol. The van der Waals surface area contributed by atoms with Gasteiger partial charge in [-0.15, -0.1) is 0 Å². The van der Waals surface area contributed by atoms with Crippen molar-refractivity contribution in [1.82, 2.24) is 0 Å². The van der Waals surface area contributed by atoms with Gasteiger partial charge in [0.2, 0.25) is 0 Å². The summed E-state index contributed by atoms with van der Waals surface area (Å²) in [6.07, 6.45) is 0.992. The fraction of sp³-hybridized carbons (Fsp3) is 0.417. The van der Waals surface area contributed by atoms with Gasteiger partial charge in [-0.2, -0.15) is 0 Å². The Morgan fingerprint density at radius 1 is 1.46 bits per heavy atom. The van der Waals surface area contributed by atoms with Gasteiger partial charge in [-0.3, -0.25) is 4.39 Å². The van der Waals surface area contributed by atoms with Crippen LogP contribution in [0.4, 0.5) is 4.39 Å². The van der Waals surface area contributed by atoms with Crippen LogP contribution in [0.1, 0.15) is 29.5 Å². The van der Waals surface area contributed by atoms with E-state index in [9.17, 15) is 4.39 Å². The van der Waals surface area contributed by atoms with E-state index in [0.29, 0.717) is 0 Å². The second kappa shape index (κ2) is 4.40. The van der Waals surface area contributed by atoms with Crippen molar-refractivity contribution in [3.63, 3.8) is 0 Å². The largest absolute Gasteiger partial charge is 0.250 e. The average Bonchev–Trinajstić information content (AvgIpc) is 2.17. The third kappa shape index (κ3) is 2.30. The molecule has 0 N–H and O–H groups in total. The zero-order valence-electron chi connectivity index (χ0n) is 8.31. The highest BCUT2D eigenvalue weighted by atomic mass is 19.1. The van der Waals surface area contributed by atoms with Crippen molar-refractivity contribution in [2.24, 2.45) is 0 Å². The minimum absolute atomic E-state index is 0.216. The molecule has 1 heteroatoms. The van der Waals surface area contributed by atoms with Crippen LogP contribution in [0, 0.1) is 13.8 Å². The molecule has 13 heavy (non-hydrogen) atoms. The Morgan fingerprint density at radius 2 is 2.15 bits per heavy atom. The molecule has 1 unspecified atom stereocenters.